The lowest BCUT2D eigenvalue weighted by Crippen LogP contribution is -2.27. The van der Waals surface area contributed by atoms with Gasteiger partial charge in [0.15, 0.2) is 17.0 Å². The Morgan fingerprint density at radius 3 is 2.47 bits per heavy atom. The average molecular weight is 618 g/mol. The highest BCUT2D eigenvalue weighted by atomic mass is 35.5. The molecule has 0 unspecified atom stereocenters. The van der Waals surface area contributed by atoms with Crippen LogP contribution in [0.15, 0.2) is 96.1 Å². The molecule has 1 N–H and O–H groups in total. The molecule has 3 aromatic heterocycles. The lowest BCUT2D eigenvalue weighted by molar-refractivity contribution is -0.142. The van der Waals surface area contributed by atoms with Crippen LogP contribution in [0.5, 0.6) is 5.75 Å². The third-order valence-electron chi connectivity index (χ3n) is 7.26. The molecule has 0 saturated carbocycles. The number of halogens is 4. The number of carbonyl (C=O) groups is 1. The van der Waals surface area contributed by atoms with E-state index >= 15 is 0 Å². The summed E-state index contributed by atoms with van der Waals surface area (Å²) in [5, 5.41) is 22.5. The number of carbonyl (C=O) groups excluding carboxylic acids is 1. The quantitative estimate of drug-likeness (QED) is 0.217. The first kappa shape index (κ1) is 27.1. The number of rotatable bonds is 4. The minimum absolute atomic E-state index is 0.0319. The molecule has 0 radical (unpaired) electrons. The second-order valence-corrected chi connectivity index (χ2v) is 11.7. The zero-order valence-electron chi connectivity index (χ0n) is 22.0. The fourth-order valence-electron chi connectivity index (χ4n) is 5.23. The summed E-state index contributed by atoms with van der Waals surface area (Å²) in [4.78, 5) is 18.7. The molecule has 7 rings (SSSR count). The number of fused-ring (bicyclic) bond motifs is 2. The van der Waals surface area contributed by atoms with E-state index in [1.54, 1.807) is 30.3 Å². The fraction of sp³-hybridized carbons (Fsp3) is 0.0968. The molecule has 6 aromatic rings. The van der Waals surface area contributed by atoms with Gasteiger partial charge < -0.3 is 5.11 Å². The maximum atomic E-state index is 14.2. The van der Waals surface area contributed by atoms with Gasteiger partial charge in [0, 0.05) is 18.1 Å². The molecule has 214 valence electrons. The number of aromatic hydroxyl groups is 1. The Hall–Kier alpha value is -4.74. The van der Waals surface area contributed by atoms with Crippen LogP contribution in [-0.4, -0.2) is 36.3 Å². The van der Waals surface area contributed by atoms with Crippen LogP contribution in [-0.2, 0) is 6.18 Å². The predicted octanol–water partition coefficient (Wildman–Crippen LogP) is 7.98. The minimum atomic E-state index is -4.78. The normalized spacial score (nSPS) is 15.4. The van der Waals surface area contributed by atoms with Gasteiger partial charge >= 0.3 is 6.18 Å². The number of aromatic nitrogens is 3. The number of phenols is 1. The van der Waals surface area contributed by atoms with E-state index in [9.17, 15) is 23.1 Å². The molecule has 1 aliphatic heterocycles. The standard InChI is InChI=1S/C31H19ClF3N5O2S/c32-28-12-11-26(43-28)22-15-27(31(33,34)35)40-29(36-22)16-23(38-40)30(42)39-24(20-7-3-4-8-25(20)41)14-21(37-39)19-10-9-17-5-1-2-6-18(17)13-19/h1-13,15-16,24,41H,14H2/t24-/m1/s1. The number of alkyl halides is 3. The summed E-state index contributed by atoms with van der Waals surface area (Å²) in [6, 6.07) is 24.8. The van der Waals surface area contributed by atoms with Gasteiger partial charge in [-0.2, -0.15) is 23.4 Å². The molecule has 0 spiro atoms. The molecule has 4 heterocycles. The van der Waals surface area contributed by atoms with Crippen molar-refractivity contribution in [3.63, 3.8) is 0 Å². The summed E-state index contributed by atoms with van der Waals surface area (Å²) in [7, 11) is 0. The van der Waals surface area contributed by atoms with Crippen molar-refractivity contribution in [2.45, 2.75) is 18.6 Å². The van der Waals surface area contributed by atoms with E-state index < -0.39 is 23.8 Å². The molecule has 12 heteroatoms. The van der Waals surface area contributed by atoms with Gasteiger partial charge in [0.05, 0.1) is 26.7 Å². The maximum absolute atomic E-state index is 14.2. The van der Waals surface area contributed by atoms with Crippen LogP contribution in [0.2, 0.25) is 4.34 Å². The predicted molar refractivity (Wildman–Crippen MR) is 158 cm³/mol. The highest BCUT2D eigenvalue weighted by molar-refractivity contribution is 7.19. The Bertz CT molecular complexity index is 2090. The zero-order chi connectivity index (χ0) is 29.9. The lowest BCUT2D eigenvalue weighted by Gasteiger charge is -2.21. The van der Waals surface area contributed by atoms with Gasteiger partial charge in [-0.1, -0.05) is 66.2 Å². The van der Waals surface area contributed by atoms with Crippen molar-refractivity contribution >= 4 is 51.0 Å². The van der Waals surface area contributed by atoms with Crippen molar-refractivity contribution in [1.82, 2.24) is 19.6 Å². The smallest absolute Gasteiger partial charge is 0.433 e. The van der Waals surface area contributed by atoms with E-state index in [0.717, 1.165) is 33.7 Å². The van der Waals surface area contributed by atoms with Crippen LogP contribution < -0.4 is 0 Å². The van der Waals surface area contributed by atoms with E-state index in [-0.39, 0.29) is 29.2 Å². The summed E-state index contributed by atoms with van der Waals surface area (Å²) in [5.74, 6) is -0.765. The molecule has 1 aliphatic rings. The summed E-state index contributed by atoms with van der Waals surface area (Å²) in [6.45, 7) is 0. The van der Waals surface area contributed by atoms with Gasteiger partial charge in [-0.05, 0) is 46.7 Å². The molecule has 3 aromatic carbocycles. The third kappa shape index (κ3) is 4.90. The van der Waals surface area contributed by atoms with Crippen molar-refractivity contribution in [2.75, 3.05) is 0 Å². The molecule has 0 saturated heterocycles. The van der Waals surface area contributed by atoms with Gasteiger partial charge in [-0.25, -0.2) is 14.5 Å². The van der Waals surface area contributed by atoms with Crippen molar-refractivity contribution in [3.8, 4) is 16.3 Å². The Kier molecular flexibility index (Phi) is 6.44. The van der Waals surface area contributed by atoms with E-state index in [0.29, 0.717) is 25.0 Å². The van der Waals surface area contributed by atoms with Crippen LogP contribution in [0.25, 0.3) is 27.0 Å². The van der Waals surface area contributed by atoms with Gasteiger partial charge in [0.2, 0.25) is 0 Å². The first-order valence-electron chi connectivity index (χ1n) is 13.1. The SMILES string of the molecule is O=C(c1cc2nc(-c3ccc(Cl)s3)cc(C(F)(F)F)n2n1)N1N=C(c2ccc3ccccc3c2)C[C@@H]1c1ccccc1O. The molecule has 43 heavy (non-hydrogen) atoms. The fourth-order valence-corrected chi connectivity index (χ4v) is 6.23. The number of hydrazone groups is 1. The van der Waals surface area contributed by atoms with E-state index in [4.69, 9.17) is 11.6 Å². The largest absolute Gasteiger partial charge is 0.508 e. The van der Waals surface area contributed by atoms with Gasteiger partial charge in [-0.3, -0.25) is 4.79 Å². The third-order valence-corrected chi connectivity index (χ3v) is 8.51. The van der Waals surface area contributed by atoms with Crippen LogP contribution in [0.1, 0.15) is 39.8 Å². The van der Waals surface area contributed by atoms with E-state index in [1.807, 2.05) is 42.5 Å². The van der Waals surface area contributed by atoms with Crippen LogP contribution in [0, 0.1) is 0 Å². The van der Waals surface area contributed by atoms with Crippen molar-refractivity contribution in [2.24, 2.45) is 5.10 Å². The molecular weight excluding hydrogens is 599 g/mol. The molecule has 1 amide bonds. The summed E-state index contributed by atoms with van der Waals surface area (Å²) < 4.78 is 43.5. The molecule has 1 atom stereocenters. The number of phenolic OH excluding ortho intramolecular Hbond substituents is 1. The highest BCUT2D eigenvalue weighted by Crippen LogP contribution is 2.39. The first-order chi connectivity index (χ1) is 20.7. The number of thiophene rings is 1. The first-order valence-corrected chi connectivity index (χ1v) is 14.3. The number of hydrogen-bond donors (Lipinski definition) is 1. The lowest BCUT2D eigenvalue weighted by atomic mass is 9.96. The second kappa shape index (κ2) is 10.2. The monoisotopic (exact) mass is 617 g/mol. The van der Waals surface area contributed by atoms with Crippen LogP contribution in [0.3, 0.4) is 0 Å². The summed E-state index contributed by atoms with van der Waals surface area (Å²) in [5.41, 5.74) is 0.352. The topological polar surface area (TPSA) is 83.1 Å². The number of para-hydroxylation sites is 1. The Balaban J connectivity index is 1.34. The molecule has 0 aliphatic carbocycles. The van der Waals surface area contributed by atoms with Crippen molar-refractivity contribution < 1.29 is 23.1 Å². The van der Waals surface area contributed by atoms with Gasteiger partial charge in [0.25, 0.3) is 5.91 Å². The van der Waals surface area contributed by atoms with Gasteiger partial charge in [-0.15, -0.1) is 11.3 Å². The zero-order valence-corrected chi connectivity index (χ0v) is 23.5. The minimum Gasteiger partial charge on any atom is -0.508 e. The summed E-state index contributed by atoms with van der Waals surface area (Å²) >= 11 is 7.10. The average Bonchev–Trinajstić information content (AvgIpc) is 3.74. The number of hydrogen-bond acceptors (Lipinski definition) is 6. The Labute approximate surface area is 251 Å². The molecule has 0 fully saturated rings. The van der Waals surface area contributed by atoms with E-state index in [2.05, 4.69) is 15.2 Å². The Morgan fingerprint density at radius 1 is 0.953 bits per heavy atom. The Morgan fingerprint density at radius 2 is 1.72 bits per heavy atom. The van der Waals surface area contributed by atoms with Crippen molar-refractivity contribution in [3.05, 3.63) is 118 Å². The van der Waals surface area contributed by atoms with E-state index in [1.165, 1.54) is 17.1 Å². The number of benzene rings is 3. The molecular formula is C31H19ClF3N5O2S. The van der Waals surface area contributed by atoms with Gasteiger partial charge in [0.1, 0.15) is 5.75 Å². The maximum Gasteiger partial charge on any atom is 0.433 e. The number of amides is 1. The van der Waals surface area contributed by atoms with Crippen LogP contribution >= 0.6 is 22.9 Å². The second-order valence-electron chi connectivity index (χ2n) is 9.96. The van der Waals surface area contributed by atoms with Crippen molar-refractivity contribution in [1.29, 1.82) is 0 Å². The number of nitrogens with zero attached hydrogens (tertiary/aromatic N) is 5. The molecule has 7 nitrogen and oxygen atoms in total. The summed E-state index contributed by atoms with van der Waals surface area (Å²) in [6.07, 6.45) is -4.51. The molecule has 0 bridgehead atoms. The highest BCUT2D eigenvalue weighted by Gasteiger charge is 2.38. The van der Waals surface area contributed by atoms with Crippen LogP contribution in [0.4, 0.5) is 13.2 Å².